The molecule has 2 nitrogen and oxygen atoms in total. The van der Waals surface area contributed by atoms with E-state index in [9.17, 15) is 0 Å². The van der Waals surface area contributed by atoms with E-state index < -0.39 is 0 Å². The molecule has 1 unspecified atom stereocenters. The molecule has 0 amide bonds. The fraction of sp³-hybridized carbons (Fsp3) is 0.571. The van der Waals surface area contributed by atoms with E-state index in [1.807, 2.05) is 0 Å². The van der Waals surface area contributed by atoms with Crippen molar-refractivity contribution in [3.63, 3.8) is 0 Å². The summed E-state index contributed by atoms with van der Waals surface area (Å²) in [5.41, 5.74) is 8.22. The number of para-hydroxylation sites is 1. The first-order valence-electron chi connectivity index (χ1n) is 6.04. The summed E-state index contributed by atoms with van der Waals surface area (Å²) in [7, 11) is 0. The molecule has 16 heavy (non-hydrogen) atoms. The molecule has 1 aromatic carbocycles. The number of hydrogen-bond donors (Lipinski definition) is 1. The Bertz CT molecular complexity index is 384. The molecule has 0 spiro atoms. The van der Waals surface area contributed by atoms with Gasteiger partial charge in [-0.25, -0.2) is 0 Å². The van der Waals surface area contributed by atoms with Gasteiger partial charge in [-0.2, -0.15) is 0 Å². The van der Waals surface area contributed by atoms with Crippen LogP contribution in [0.2, 0.25) is 0 Å². The highest BCUT2D eigenvalue weighted by Gasteiger charge is 2.32. The highest BCUT2D eigenvalue weighted by Crippen LogP contribution is 2.40. The van der Waals surface area contributed by atoms with Crippen LogP contribution in [0, 0.1) is 0 Å². The molecule has 0 saturated carbocycles. The van der Waals surface area contributed by atoms with Gasteiger partial charge in [-0.1, -0.05) is 25.1 Å². The number of nitrogens with two attached hydrogens (primary N) is 1. The van der Waals surface area contributed by atoms with Gasteiger partial charge in [0.25, 0.3) is 0 Å². The van der Waals surface area contributed by atoms with E-state index in [0.717, 1.165) is 25.1 Å². The van der Waals surface area contributed by atoms with E-state index in [1.54, 1.807) is 0 Å². The Labute approximate surface area is 97.8 Å². The number of hydrogen-bond acceptors (Lipinski definition) is 2. The van der Waals surface area contributed by atoms with Gasteiger partial charge in [-0.3, -0.25) is 0 Å². The summed E-state index contributed by atoms with van der Waals surface area (Å²) in [6, 6.07) is 6.47. The Hall–Kier alpha value is -1.02. The molecule has 1 aromatic rings. The van der Waals surface area contributed by atoms with Crippen molar-refractivity contribution in [3.8, 4) is 5.75 Å². The minimum Gasteiger partial charge on any atom is -0.487 e. The Morgan fingerprint density at radius 1 is 1.44 bits per heavy atom. The monoisotopic (exact) mass is 219 g/mol. The average molecular weight is 219 g/mol. The van der Waals surface area contributed by atoms with Crippen molar-refractivity contribution in [1.29, 1.82) is 0 Å². The molecule has 0 fully saturated rings. The van der Waals surface area contributed by atoms with Crippen LogP contribution < -0.4 is 10.5 Å². The molecule has 1 aliphatic heterocycles. The molecule has 0 radical (unpaired) electrons. The topological polar surface area (TPSA) is 35.2 Å². The number of ether oxygens (including phenoxy) is 1. The standard InChI is InChI=1S/C14H21NO/c1-10(7-8-15)12-6-4-5-11-9-14(2,3)16-13(11)12/h4-6,10H,7-9,15H2,1-3H3. The van der Waals surface area contributed by atoms with E-state index in [4.69, 9.17) is 10.5 Å². The van der Waals surface area contributed by atoms with E-state index in [-0.39, 0.29) is 5.60 Å². The van der Waals surface area contributed by atoms with Crippen molar-refractivity contribution in [2.24, 2.45) is 5.73 Å². The van der Waals surface area contributed by atoms with Crippen molar-refractivity contribution in [3.05, 3.63) is 29.3 Å². The lowest BCUT2D eigenvalue weighted by molar-refractivity contribution is 0.136. The summed E-state index contributed by atoms with van der Waals surface area (Å²) in [5.74, 6) is 1.59. The normalized spacial score (nSPS) is 19.0. The minimum atomic E-state index is -0.0547. The van der Waals surface area contributed by atoms with Crippen molar-refractivity contribution in [2.45, 2.75) is 45.1 Å². The van der Waals surface area contributed by atoms with Crippen LogP contribution in [-0.2, 0) is 6.42 Å². The molecule has 0 saturated heterocycles. The van der Waals surface area contributed by atoms with Crippen LogP contribution in [0.3, 0.4) is 0 Å². The second kappa shape index (κ2) is 4.10. The predicted octanol–water partition coefficient (Wildman–Crippen LogP) is 2.85. The summed E-state index contributed by atoms with van der Waals surface area (Å²) in [5, 5.41) is 0. The van der Waals surface area contributed by atoms with Gasteiger partial charge in [0, 0.05) is 6.42 Å². The van der Waals surface area contributed by atoms with Gasteiger partial charge in [0.1, 0.15) is 11.4 Å². The molecule has 88 valence electrons. The van der Waals surface area contributed by atoms with Crippen LogP contribution in [0.15, 0.2) is 18.2 Å². The Morgan fingerprint density at radius 3 is 2.88 bits per heavy atom. The Morgan fingerprint density at radius 2 is 2.19 bits per heavy atom. The molecule has 1 aliphatic rings. The minimum absolute atomic E-state index is 0.0547. The van der Waals surface area contributed by atoms with Gasteiger partial charge in [-0.05, 0) is 43.9 Å². The van der Waals surface area contributed by atoms with Gasteiger partial charge < -0.3 is 10.5 Å². The Balaban J connectivity index is 2.33. The van der Waals surface area contributed by atoms with Crippen LogP contribution in [0.4, 0.5) is 0 Å². The lowest BCUT2D eigenvalue weighted by Crippen LogP contribution is -2.25. The third-order valence-corrected chi connectivity index (χ3v) is 3.25. The van der Waals surface area contributed by atoms with E-state index in [0.29, 0.717) is 5.92 Å². The van der Waals surface area contributed by atoms with Gasteiger partial charge in [0.05, 0.1) is 0 Å². The van der Waals surface area contributed by atoms with Crippen molar-refractivity contribution >= 4 is 0 Å². The fourth-order valence-corrected chi connectivity index (χ4v) is 2.43. The largest absolute Gasteiger partial charge is 0.487 e. The zero-order chi connectivity index (χ0) is 11.8. The van der Waals surface area contributed by atoms with Gasteiger partial charge in [0.15, 0.2) is 0 Å². The molecule has 0 aliphatic carbocycles. The fourth-order valence-electron chi connectivity index (χ4n) is 2.43. The molecule has 2 rings (SSSR count). The highest BCUT2D eigenvalue weighted by molar-refractivity contribution is 5.47. The third-order valence-electron chi connectivity index (χ3n) is 3.25. The summed E-state index contributed by atoms with van der Waals surface area (Å²) in [4.78, 5) is 0. The number of benzene rings is 1. The zero-order valence-electron chi connectivity index (χ0n) is 10.4. The second-order valence-electron chi connectivity index (χ2n) is 5.35. The van der Waals surface area contributed by atoms with Crippen LogP contribution in [-0.4, -0.2) is 12.1 Å². The summed E-state index contributed by atoms with van der Waals surface area (Å²) in [6.45, 7) is 7.24. The number of fused-ring (bicyclic) bond motifs is 1. The van der Waals surface area contributed by atoms with Crippen molar-refractivity contribution in [1.82, 2.24) is 0 Å². The zero-order valence-corrected chi connectivity index (χ0v) is 10.4. The van der Waals surface area contributed by atoms with Gasteiger partial charge in [-0.15, -0.1) is 0 Å². The quantitative estimate of drug-likeness (QED) is 0.848. The van der Waals surface area contributed by atoms with E-state index in [2.05, 4.69) is 39.0 Å². The number of rotatable bonds is 3. The average Bonchev–Trinajstić information content (AvgIpc) is 2.51. The molecule has 0 bridgehead atoms. The van der Waals surface area contributed by atoms with Crippen LogP contribution in [0.5, 0.6) is 5.75 Å². The molecule has 2 N–H and O–H groups in total. The third kappa shape index (κ3) is 2.07. The molecular formula is C14H21NO. The molecule has 2 heteroatoms. The lowest BCUT2D eigenvalue weighted by Gasteiger charge is -2.20. The first-order valence-corrected chi connectivity index (χ1v) is 6.04. The second-order valence-corrected chi connectivity index (χ2v) is 5.35. The maximum absolute atomic E-state index is 6.05. The Kier molecular flexibility index (Phi) is 2.94. The predicted molar refractivity (Wildman–Crippen MR) is 66.9 cm³/mol. The van der Waals surface area contributed by atoms with Gasteiger partial charge >= 0.3 is 0 Å². The van der Waals surface area contributed by atoms with Crippen LogP contribution >= 0.6 is 0 Å². The smallest absolute Gasteiger partial charge is 0.126 e. The van der Waals surface area contributed by atoms with E-state index >= 15 is 0 Å². The first kappa shape index (κ1) is 11.5. The lowest BCUT2D eigenvalue weighted by atomic mass is 9.94. The van der Waals surface area contributed by atoms with Crippen LogP contribution in [0.1, 0.15) is 44.2 Å². The van der Waals surface area contributed by atoms with Crippen molar-refractivity contribution in [2.75, 3.05) is 6.54 Å². The highest BCUT2D eigenvalue weighted by atomic mass is 16.5. The summed E-state index contributed by atoms with van der Waals surface area (Å²) in [6.07, 6.45) is 2.02. The maximum Gasteiger partial charge on any atom is 0.126 e. The van der Waals surface area contributed by atoms with Crippen molar-refractivity contribution < 1.29 is 4.74 Å². The SMILES string of the molecule is CC(CCN)c1cccc2c1OC(C)(C)C2. The first-order chi connectivity index (χ1) is 7.53. The summed E-state index contributed by atoms with van der Waals surface area (Å²) >= 11 is 0. The summed E-state index contributed by atoms with van der Waals surface area (Å²) < 4.78 is 6.05. The maximum atomic E-state index is 6.05. The van der Waals surface area contributed by atoms with E-state index in [1.165, 1.54) is 11.1 Å². The van der Waals surface area contributed by atoms with Crippen LogP contribution in [0.25, 0.3) is 0 Å². The molecule has 1 heterocycles. The molecular weight excluding hydrogens is 198 g/mol. The molecule has 1 atom stereocenters. The van der Waals surface area contributed by atoms with Gasteiger partial charge in [0.2, 0.25) is 0 Å². The molecule has 0 aromatic heterocycles.